The lowest BCUT2D eigenvalue weighted by atomic mass is 10.1. The molecule has 0 amide bonds. The fourth-order valence-corrected chi connectivity index (χ4v) is 1.08. The zero-order valence-corrected chi connectivity index (χ0v) is 8.67. The van der Waals surface area contributed by atoms with Crippen LogP contribution in [-0.2, 0) is 0 Å². The maximum atomic E-state index is 7.57. The average molecular weight is 202 g/mol. The van der Waals surface area contributed by atoms with E-state index in [1.165, 1.54) is 6.33 Å². The zero-order valence-electron chi connectivity index (χ0n) is 8.67. The van der Waals surface area contributed by atoms with Crippen molar-refractivity contribution < 1.29 is 5.11 Å². The van der Waals surface area contributed by atoms with Gasteiger partial charge in [-0.2, -0.15) is 0 Å². The SMILES string of the molecule is CCO.c1ccc(-c2cncnc2)cc1. The van der Waals surface area contributed by atoms with E-state index in [0.29, 0.717) is 0 Å². The van der Waals surface area contributed by atoms with Gasteiger partial charge in [-0.1, -0.05) is 30.3 Å². The number of nitrogens with zero attached hydrogens (tertiary/aromatic N) is 2. The van der Waals surface area contributed by atoms with Crippen molar-refractivity contribution in [1.29, 1.82) is 0 Å². The van der Waals surface area contributed by atoms with Gasteiger partial charge in [0, 0.05) is 24.6 Å². The summed E-state index contributed by atoms with van der Waals surface area (Å²) in [4.78, 5) is 7.90. The molecule has 0 bridgehead atoms. The molecule has 2 rings (SSSR count). The number of rotatable bonds is 1. The van der Waals surface area contributed by atoms with Gasteiger partial charge in [0.1, 0.15) is 6.33 Å². The Kier molecular flexibility index (Phi) is 5.04. The van der Waals surface area contributed by atoms with Crippen molar-refractivity contribution in [2.45, 2.75) is 6.92 Å². The summed E-state index contributed by atoms with van der Waals surface area (Å²) in [5.41, 5.74) is 2.20. The van der Waals surface area contributed by atoms with Crippen LogP contribution < -0.4 is 0 Å². The summed E-state index contributed by atoms with van der Waals surface area (Å²) >= 11 is 0. The van der Waals surface area contributed by atoms with Crippen LogP contribution in [0.5, 0.6) is 0 Å². The van der Waals surface area contributed by atoms with Crippen molar-refractivity contribution >= 4 is 0 Å². The molecule has 0 radical (unpaired) electrons. The van der Waals surface area contributed by atoms with E-state index in [0.717, 1.165) is 11.1 Å². The van der Waals surface area contributed by atoms with Gasteiger partial charge >= 0.3 is 0 Å². The predicted molar refractivity (Wildman–Crippen MR) is 60.2 cm³/mol. The third-order valence-corrected chi connectivity index (χ3v) is 1.67. The molecule has 0 aliphatic rings. The van der Waals surface area contributed by atoms with Crippen LogP contribution in [0.25, 0.3) is 11.1 Å². The van der Waals surface area contributed by atoms with Crippen molar-refractivity contribution in [2.75, 3.05) is 6.61 Å². The molecular formula is C12H14N2O. The molecule has 0 fully saturated rings. The number of aliphatic hydroxyl groups excluding tert-OH is 1. The Balaban J connectivity index is 0.000000337. The van der Waals surface area contributed by atoms with Crippen molar-refractivity contribution in [2.24, 2.45) is 0 Å². The molecule has 0 aliphatic carbocycles. The van der Waals surface area contributed by atoms with E-state index in [4.69, 9.17) is 5.11 Å². The molecule has 0 atom stereocenters. The summed E-state index contributed by atoms with van der Waals surface area (Å²) in [5.74, 6) is 0. The minimum atomic E-state index is 0.250. The standard InChI is InChI=1S/C10H8N2.C2H6O/c1-2-4-9(5-3-1)10-6-11-8-12-7-10;1-2-3/h1-8H;3H,2H2,1H3. The summed E-state index contributed by atoms with van der Waals surface area (Å²) in [6, 6.07) is 10.1. The minimum absolute atomic E-state index is 0.250. The molecular weight excluding hydrogens is 188 g/mol. The van der Waals surface area contributed by atoms with Gasteiger partial charge in [-0.25, -0.2) is 9.97 Å². The lowest BCUT2D eigenvalue weighted by molar-refractivity contribution is 0.318. The Bertz CT molecular complexity index is 324. The Morgan fingerprint density at radius 3 is 2.07 bits per heavy atom. The fourth-order valence-electron chi connectivity index (χ4n) is 1.08. The van der Waals surface area contributed by atoms with Gasteiger partial charge in [0.25, 0.3) is 0 Å². The second-order valence-corrected chi connectivity index (χ2v) is 2.81. The third kappa shape index (κ3) is 3.87. The maximum Gasteiger partial charge on any atom is 0.115 e. The molecule has 1 N–H and O–H groups in total. The highest BCUT2D eigenvalue weighted by molar-refractivity contribution is 5.60. The summed E-state index contributed by atoms with van der Waals surface area (Å²) in [5, 5.41) is 7.57. The fraction of sp³-hybridized carbons (Fsp3) is 0.167. The minimum Gasteiger partial charge on any atom is -0.397 e. The second-order valence-electron chi connectivity index (χ2n) is 2.81. The van der Waals surface area contributed by atoms with Gasteiger partial charge in [-0.05, 0) is 12.5 Å². The second kappa shape index (κ2) is 6.68. The van der Waals surface area contributed by atoms with Crippen LogP contribution in [0.1, 0.15) is 6.92 Å². The number of benzene rings is 1. The smallest absolute Gasteiger partial charge is 0.115 e. The molecule has 3 heteroatoms. The lowest BCUT2D eigenvalue weighted by Gasteiger charge is -1.97. The molecule has 2 aromatic rings. The quantitative estimate of drug-likeness (QED) is 0.770. The summed E-state index contributed by atoms with van der Waals surface area (Å²) in [6.07, 6.45) is 5.15. The lowest BCUT2D eigenvalue weighted by Crippen LogP contribution is -1.80. The Morgan fingerprint density at radius 2 is 1.53 bits per heavy atom. The Hall–Kier alpha value is -1.74. The zero-order chi connectivity index (χ0) is 10.9. The predicted octanol–water partition coefficient (Wildman–Crippen LogP) is 2.14. The van der Waals surface area contributed by atoms with Gasteiger partial charge in [0.05, 0.1) is 0 Å². The summed E-state index contributed by atoms with van der Waals surface area (Å²) in [6.45, 7) is 1.93. The van der Waals surface area contributed by atoms with Gasteiger partial charge < -0.3 is 5.11 Å². The van der Waals surface area contributed by atoms with Crippen LogP contribution >= 0.6 is 0 Å². The van der Waals surface area contributed by atoms with Crippen LogP contribution in [0.4, 0.5) is 0 Å². The Labute approximate surface area is 89.5 Å². The van der Waals surface area contributed by atoms with Crippen molar-refractivity contribution in [1.82, 2.24) is 9.97 Å². The molecule has 0 aliphatic heterocycles. The normalized spacial score (nSPS) is 8.93. The first kappa shape index (κ1) is 11.3. The van der Waals surface area contributed by atoms with Gasteiger partial charge in [-0.15, -0.1) is 0 Å². The van der Waals surface area contributed by atoms with Gasteiger partial charge in [-0.3, -0.25) is 0 Å². The van der Waals surface area contributed by atoms with Gasteiger partial charge in [0.15, 0.2) is 0 Å². The molecule has 0 saturated heterocycles. The Morgan fingerprint density at radius 1 is 1.00 bits per heavy atom. The highest BCUT2D eigenvalue weighted by Crippen LogP contribution is 2.15. The molecule has 1 aromatic heterocycles. The molecule has 0 saturated carbocycles. The molecule has 0 unspecified atom stereocenters. The van der Waals surface area contributed by atoms with Crippen LogP contribution in [-0.4, -0.2) is 21.7 Å². The monoisotopic (exact) mass is 202 g/mol. The number of hydrogen-bond acceptors (Lipinski definition) is 3. The molecule has 78 valence electrons. The molecule has 1 heterocycles. The van der Waals surface area contributed by atoms with E-state index in [1.807, 2.05) is 42.7 Å². The van der Waals surface area contributed by atoms with E-state index in [-0.39, 0.29) is 6.61 Å². The average Bonchev–Trinajstić information content (AvgIpc) is 2.32. The van der Waals surface area contributed by atoms with E-state index in [9.17, 15) is 0 Å². The van der Waals surface area contributed by atoms with E-state index in [2.05, 4.69) is 9.97 Å². The summed E-state index contributed by atoms with van der Waals surface area (Å²) < 4.78 is 0. The van der Waals surface area contributed by atoms with Crippen LogP contribution in [0.15, 0.2) is 49.1 Å². The number of hydrogen-bond donors (Lipinski definition) is 1. The topological polar surface area (TPSA) is 46.0 Å². The first-order valence-electron chi connectivity index (χ1n) is 4.79. The number of aliphatic hydroxyl groups is 1. The van der Waals surface area contributed by atoms with E-state index < -0.39 is 0 Å². The summed E-state index contributed by atoms with van der Waals surface area (Å²) in [7, 11) is 0. The number of aromatic nitrogens is 2. The molecule has 0 spiro atoms. The van der Waals surface area contributed by atoms with Gasteiger partial charge in [0.2, 0.25) is 0 Å². The first-order valence-corrected chi connectivity index (χ1v) is 4.79. The van der Waals surface area contributed by atoms with Crippen molar-refractivity contribution in [3.8, 4) is 11.1 Å². The highest BCUT2D eigenvalue weighted by atomic mass is 16.2. The highest BCUT2D eigenvalue weighted by Gasteiger charge is 1.93. The first-order chi connectivity index (χ1) is 7.38. The van der Waals surface area contributed by atoms with E-state index in [1.54, 1.807) is 6.92 Å². The maximum absolute atomic E-state index is 7.57. The van der Waals surface area contributed by atoms with Crippen LogP contribution in [0.2, 0.25) is 0 Å². The van der Waals surface area contributed by atoms with Crippen LogP contribution in [0.3, 0.4) is 0 Å². The third-order valence-electron chi connectivity index (χ3n) is 1.67. The molecule has 3 nitrogen and oxygen atoms in total. The molecule has 15 heavy (non-hydrogen) atoms. The molecule has 1 aromatic carbocycles. The largest absolute Gasteiger partial charge is 0.397 e. The van der Waals surface area contributed by atoms with Crippen LogP contribution in [0, 0.1) is 0 Å². The van der Waals surface area contributed by atoms with E-state index >= 15 is 0 Å². The van der Waals surface area contributed by atoms with Crippen molar-refractivity contribution in [3.05, 3.63) is 49.1 Å². The van der Waals surface area contributed by atoms with Crippen molar-refractivity contribution in [3.63, 3.8) is 0 Å².